The van der Waals surface area contributed by atoms with Gasteiger partial charge < -0.3 is 5.32 Å². The van der Waals surface area contributed by atoms with Crippen molar-refractivity contribution in [3.63, 3.8) is 0 Å². The first-order valence-electron chi connectivity index (χ1n) is 6.31. The highest BCUT2D eigenvalue weighted by molar-refractivity contribution is 9.10. The topological polar surface area (TPSA) is 12.0 Å². The van der Waals surface area contributed by atoms with Gasteiger partial charge in [-0.2, -0.15) is 0 Å². The molecule has 1 unspecified atom stereocenters. The SMILES string of the molecule is C#CCCCC(NCCC)c1cccc(F)c1Br. The van der Waals surface area contributed by atoms with E-state index in [2.05, 4.69) is 34.1 Å². The first-order chi connectivity index (χ1) is 8.70. The molecule has 0 heterocycles. The number of benzene rings is 1. The quantitative estimate of drug-likeness (QED) is 0.580. The van der Waals surface area contributed by atoms with E-state index in [9.17, 15) is 4.39 Å². The van der Waals surface area contributed by atoms with Gasteiger partial charge in [-0.15, -0.1) is 12.3 Å². The van der Waals surface area contributed by atoms with Crippen LogP contribution in [0, 0.1) is 18.2 Å². The highest BCUT2D eigenvalue weighted by Gasteiger charge is 2.15. The zero-order valence-corrected chi connectivity index (χ0v) is 12.3. The van der Waals surface area contributed by atoms with Crippen molar-refractivity contribution in [1.82, 2.24) is 5.32 Å². The average molecular weight is 312 g/mol. The highest BCUT2D eigenvalue weighted by Crippen LogP contribution is 2.29. The van der Waals surface area contributed by atoms with E-state index in [0.29, 0.717) is 4.47 Å². The van der Waals surface area contributed by atoms with Crippen LogP contribution in [0.2, 0.25) is 0 Å². The Hall–Kier alpha value is -0.850. The van der Waals surface area contributed by atoms with Crippen LogP contribution in [0.1, 0.15) is 44.2 Å². The molecule has 98 valence electrons. The number of unbranched alkanes of at least 4 members (excludes halogenated alkanes) is 1. The van der Waals surface area contributed by atoms with E-state index >= 15 is 0 Å². The molecule has 3 heteroatoms. The second kappa shape index (κ2) is 8.29. The van der Waals surface area contributed by atoms with E-state index in [0.717, 1.165) is 37.8 Å². The molecule has 1 aromatic carbocycles. The summed E-state index contributed by atoms with van der Waals surface area (Å²) in [6.07, 6.45) is 8.95. The van der Waals surface area contributed by atoms with E-state index in [4.69, 9.17) is 6.42 Å². The standard InChI is InChI=1S/C15H19BrFN/c1-3-5-6-10-14(18-11-4-2)12-8-7-9-13(17)15(12)16/h1,7-9,14,18H,4-6,10-11H2,2H3. The van der Waals surface area contributed by atoms with Crippen molar-refractivity contribution in [2.45, 2.75) is 38.6 Å². The van der Waals surface area contributed by atoms with Crippen molar-refractivity contribution in [3.8, 4) is 12.3 Å². The molecule has 0 saturated carbocycles. The fraction of sp³-hybridized carbons (Fsp3) is 0.467. The van der Waals surface area contributed by atoms with Crippen molar-refractivity contribution in [2.24, 2.45) is 0 Å². The zero-order chi connectivity index (χ0) is 13.4. The van der Waals surface area contributed by atoms with Gasteiger partial charge in [-0.05, 0) is 53.4 Å². The summed E-state index contributed by atoms with van der Waals surface area (Å²) >= 11 is 3.33. The van der Waals surface area contributed by atoms with Crippen LogP contribution >= 0.6 is 15.9 Å². The van der Waals surface area contributed by atoms with E-state index in [1.54, 1.807) is 6.07 Å². The Labute approximate surface area is 117 Å². The Morgan fingerprint density at radius 3 is 2.94 bits per heavy atom. The lowest BCUT2D eigenvalue weighted by Gasteiger charge is -2.20. The van der Waals surface area contributed by atoms with E-state index in [1.165, 1.54) is 6.07 Å². The second-order valence-corrected chi connectivity index (χ2v) is 5.04. The third-order valence-corrected chi connectivity index (χ3v) is 3.65. The maximum absolute atomic E-state index is 13.5. The minimum absolute atomic E-state index is 0.156. The van der Waals surface area contributed by atoms with Crippen LogP contribution in [0.3, 0.4) is 0 Å². The molecular weight excluding hydrogens is 293 g/mol. The van der Waals surface area contributed by atoms with Crippen LogP contribution in [0.15, 0.2) is 22.7 Å². The molecule has 0 amide bonds. The van der Waals surface area contributed by atoms with Gasteiger partial charge in [0.25, 0.3) is 0 Å². The van der Waals surface area contributed by atoms with Crippen LogP contribution in [-0.4, -0.2) is 6.54 Å². The van der Waals surface area contributed by atoms with Gasteiger partial charge in [0.05, 0.1) is 4.47 Å². The Balaban J connectivity index is 2.80. The highest BCUT2D eigenvalue weighted by atomic mass is 79.9. The molecule has 0 saturated heterocycles. The third-order valence-electron chi connectivity index (χ3n) is 2.81. The van der Waals surface area contributed by atoms with Gasteiger partial charge in [-0.3, -0.25) is 0 Å². The molecule has 1 nitrogen and oxygen atoms in total. The first-order valence-corrected chi connectivity index (χ1v) is 7.10. The van der Waals surface area contributed by atoms with Crippen molar-refractivity contribution in [3.05, 3.63) is 34.1 Å². The Kier molecular flexibility index (Phi) is 7.00. The van der Waals surface area contributed by atoms with Crippen molar-refractivity contribution in [1.29, 1.82) is 0 Å². The number of hydrogen-bond donors (Lipinski definition) is 1. The molecule has 0 spiro atoms. The van der Waals surface area contributed by atoms with Gasteiger partial charge in [-0.1, -0.05) is 19.1 Å². The summed E-state index contributed by atoms with van der Waals surface area (Å²) in [5, 5.41) is 3.45. The minimum atomic E-state index is -0.215. The minimum Gasteiger partial charge on any atom is -0.310 e. The molecule has 0 aliphatic rings. The van der Waals surface area contributed by atoms with Crippen LogP contribution < -0.4 is 5.32 Å². The largest absolute Gasteiger partial charge is 0.310 e. The molecule has 1 rings (SSSR count). The summed E-state index contributed by atoms with van der Waals surface area (Å²) in [6, 6.07) is 5.32. The Morgan fingerprint density at radius 2 is 2.28 bits per heavy atom. The maximum atomic E-state index is 13.5. The number of nitrogens with one attached hydrogen (secondary N) is 1. The van der Waals surface area contributed by atoms with Crippen molar-refractivity contribution < 1.29 is 4.39 Å². The molecule has 18 heavy (non-hydrogen) atoms. The van der Waals surface area contributed by atoms with Crippen molar-refractivity contribution in [2.75, 3.05) is 6.54 Å². The van der Waals surface area contributed by atoms with E-state index < -0.39 is 0 Å². The molecular formula is C15H19BrFN. The number of halogens is 2. The summed E-state index contributed by atoms with van der Waals surface area (Å²) in [5.74, 6) is 2.43. The molecule has 0 aliphatic heterocycles. The lowest BCUT2D eigenvalue weighted by Crippen LogP contribution is -2.22. The van der Waals surface area contributed by atoms with Crippen LogP contribution in [0.5, 0.6) is 0 Å². The summed E-state index contributed by atoms with van der Waals surface area (Å²) in [7, 11) is 0. The molecule has 0 bridgehead atoms. The Bertz CT molecular complexity index is 411. The smallest absolute Gasteiger partial charge is 0.137 e. The van der Waals surface area contributed by atoms with Gasteiger partial charge >= 0.3 is 0 Å². The predicted molar refractivity (Wildman–Crippen MR) is 77.8 cm³/mol. The monoisotopic (exact) mass is 311 g/mol. The predicted octanol–water partition coefficient (Wildman–Crippen LogP) is 4.43. The summed E-state index contributed by atoms with van der Waals surface area (Å²) in [6.45, 7) is 3.04. The zero-order valence-electron chi connectivity index (χ0n) is 10.7. The molecule has 0 radical (unpaired) electrons. The van der Waals surface area contributed by atoms with Crippen LogP contribution in [0.25, 0.3) is 0 Å². The van der Waals surface area contributed by atoms with Crippen molar-refractivity contribution >= 4 is 15.9 Å². The second-order valence-electron chi connectivity index (χ2n) is 4.25. The molecule has 1 atom stereocenters. The molecule has 0 aromatic heterocycles. The van der Waals surface area contributed by atoms with E-state index in [1.807, 2.05) is 6.07 Å². The Morgan fingerprint density at radius 1 is 1.50 bits per heavy atom. The lowest BCUT2D eigenvalue weighted by molar-refractivity contribution is 0.482. The van der Waals surface area contributed by atoms with Gasteiger partial charge in [-0.25, -0.2) is 4.39 Å². The lowest BCUT2D eigenvalue weighted by atomic mass is 10.0. The molecule has 0 aliphatic carbocycles. The maximum Gasteiger partial charge on any atom is 0.137 e. The van der Waals surface area contributed by atoms with Gasteiger partial charge in [0, 0.05) is 12.5 Å². The number of hydrogen-bond acceptors (Lipinski definition) is 1. The van der Waals surface area contributed by atoms with Crippen LogP contribution in [0.4, 0.5) is 4.39 Å². The fourth-order valence-corrected chi connectivity index (χ4v) is 2.42. The van der Waals surface area contributed by atoms with Crippen LogP contribution in [-0.2, 0) is 0 Å². The summed E-state index contributed by atoms with van der Waals surface area (Å²) < 4.78 is 14.1. The summed E-state index contributed by atoms with van der Waals surface area (Å²) in [5.41, 5.74) is 0.973. The third kappa shape index (κ3) is 4.44. The number of rotatable bonds is 7. The molecule has 1 N–H and O–H groups in total. The van der Waals surface area contributed by atoms with Gasteiger partial charge in [0.1, 0.15) is 5.82 Å². The summed E-state index contributed by atoms with van der Waals surface area (Å²) in [4.78, 5) is 0. The normalized spacial score (nSPS) is 12.1. The van der Waals surface area contributed by atoms with Gasteiger partial charge in [0.15, 0.2) is 0 Å². The molecule has 0 fully saturated rings. The number of terminal acetylenes is 1. The molecule has 1 aromatic rings. The fourth-order valence-electron chi connectivity index (χ4n) is 1.88. The van der Waals surface area contributed by atoms with Gasteiger partial charge in [0.2, 0.25) is 0 Å². The van der Waals surface area contributed by atoms with E-state index in [-0.39, 0.29) is 11.9 Å². The first kappa shape index (κ1) is 15.2. The average Bonchev–Trinajstić information content (AvgIpc) is 2.37.